The second-order valence-electron chi connectivity index (χ2n) is 4.71. The van der Waals surface area contributed by atoms with Crippen molar-refractivity contribution < 1.29 is 22.7 Å². The fourth-order valence-electron chi connectivity index (χ4n) is 2.16. The third-order valence-electron chi connectivity index (χ3n) is 3.18. The topological polar surface area (TPSA) is 46.3 Å². The van der Waals surface area contributed by atoms with E-state index in [1.54, 1.807) is 0 Å². The second-order valence-corrected chi connectivity index (χ2v) is 5.10. The summed E-state index contributed by atoms with van der Waals surface area (Å²) in [5, 5.41) is 9.92. The largest absolute Gasteiger partial charge is 0.506 e. The van der Waals surface area contributed by atoms with E-state index in [4.69, 9.17) is 16.0 Å². The zero-order chi connectivity index (χ0) is 16.6. The highest BCUT2D eigenvalue weighted by Crippen LogP contribution is 2.39. The van der Waals surface area contributed by atoms with Crippen molar-refractivity contribution in [2.24, 2.45) is 0 Å². The van der Waals surface area contributed by atoms with Crippen molar-refractivity contribution in [1.29, 1.82) is 0 Å². The van der Waals surface area contributed by atoms with Crippen molar-refractivity contribution in [3.63, 3.8) is 0 Å². The van der Waals surface area contributed by atoms with E-state index in [0.717, 1.165) is 6.07 Å². The number of hydrogen-bond donors (Lipinski definition) is 1. The van der Waals surface area contributed by atoms with Crippen LogP contribution < -0.4 is 0 Å². The zero-order valence-corrected chi connectivity index (χ0v) is 12.2. The highest BCUT2D eigenvalue weighted by molar-refractivity contribution is 6.29. The van der Waals surface area contributed by atoms with Crippen LogP contribution in [0.1, 0.15) is 5.56 Å². The predicted molar refractivity (Wildman–Crippen MR) is 79.1 cm³/mol. The molecule has 0 atom stereocenters. The number of rotatable bonds is 2. The number of halogens is 4. The predicted octanol–water partition coefficient (Wildman–Crippen LogP) is 5.39. The molecule has 3 aromatic rings. The van der Waals surface area contributed by atoms with Gasteiger partial charge in [-0.05, 0) is 30.3 Å². The first-order valence-electron chi connectivity index (χ1n) is 6.48. The maximum Gasteiger partial charge on any atom is 0.417 e. The standard InChI is InChI=1S/C16H9ClF3NO2/c17-14-8-5-11(22)15(21-14)13-7-6-12(23-13)9-3-1-2-4-10(9)16(18,19)20/h1-8,22H. The summed E-state index contributed by atoms with van der Waals surface area (Å²) in [5.74, 6) is -0.0366. The molecule has 0 aliphatic heterocycles. The summed E-state index contributed by atoms with van der Waals surface area (Å²) >= 11 is 5.76. The minimum absolute atomic E-state index is 0.0223. The van der Waals surface area contributed by atoms with Gasteiger partial charge in [0, 0.05) is 5.56 Å². The number of pyridine rings is 1. The molecule has 0 aliphatic carbocycles. The van der Waals surface area contributed by atoms with Crippen LogP contribution in [-0.4, -0.2) is 10.1 Å². The number of benzene rings is 1. The van der Waals surface area contributed by atoms with Crippen LogP contribution in [0.2, 0.25) is 5.15 Å². The Morgan fingerprint density at radius 2 is 1.65 bits per heavy atom. The van der Waals surface area contributed by atoms with E-state index < -0.39 is 11.7 Å². The van der Waals surface area contributed by atoms with Crippen molar-refractivity contribution >= 4 is 11.6 Å². The summed E-state index contributed by atoms with van der Waals surface area (Å²) in [7, 11) is 0. The van der Waals surface area contributed by atoms with E-state index in [0.29, 0.717) is 0 Å². The highest BCUT2D eigenvalue weighted by Gasteiger charge is 2.34. The highest BCUT2D eigenvalue weighted by atomic mass is 35.5. The monoisotopic (exact) mass is 339 g/mol. The summed E-state index contributed by atoms with van der Waals surface area (Å²) in [5.41, 5.74) is -0.829. The van der Waals surface area contributed by atoms with Crippen molar-refractivity contribution in [2.75, 3.05) is 0 Å². The SMILES string of the molecule is Oc1ccc(Cl)nc1-c1ccc(-c2ccccc2C(F)(F)F)o1. The maximum atomic E-state index is 13.1. The smallest absolute Gasteiger partial charge is 0.417 e. The molecule has 0 saturated heterocycles. The van der Waals surface area contributed by atoms with Gasteiger partial charge in [0.2, 0.25) is 0 Å². The molecule has 0 aliphatic rings. The number of hydrogen-bond acceptors (Lipinski definition) is 3. The first kappa shape index (κ1) is 15.4. The lowest BCUT2D eigenvalue weighted by Gasteiger charge is -2.10. The first-order valence-corrected chi connectivity index (χ1v) is 6.86. The Balaban J connectivity index is 2.09. The molecule has 2 heterocycles. The molecule has 7 heteroatoms. The number of furan rings is 1. The lowest BCUT2D eigenvalue weighted by molar-refractivity contribution is -0.137. The van der Waals surface area contributed by atoms with Crippen molar-refractivity contribution in [3.8, 4) is 28.5 Å². The normalized spacial score (nSPS) is 11.7. The van der Waals surface area contributed by atoms with Gasteiger partial charge in [-0.1, -0.05) is 29.8 Å². The Morgan fingerprint density at radius 3 is 2.39 bits per heavy atom. The minimum atomic E-state index is -4.50. The van der Waals surface area contributed by atoms with Crippen LogP contribution in [0.15, 0.2) is 52.9 Å². The Morgan fingerprint density at radius 1 is 0.957 bits per heavy atom. The fourth-order valence-corrected chi connectivity index (χ4v) is 2.31. The van der Waals surface area contributed by atoms with Gasteiger partial charge in [-0.3, -0.25) is 0 Å². The van der Waals surface area contributed by atoms with Crippen LogP contribution in [0, 0.1) is 0 Å². The molecule has 0 saturated carbocycles. The summed E-state index contributed by atoms with van der Waals surface area (Å²) < 4.78 is 44.7. The molecule has 3 nitrogen and oxygen atoms in total. The van der Waals surface area contributed by atoms with E-state index in [-0.39, 0.29) is 33.7 Å². The van der Waals surface area contributed by atoms with Crippen LogP contribution >= 0.6 is 11.6 Å². The van der Waals surface area contributed by atoms with Gasteiger partial charge in [-0.15, -0.1) is 0 Å². The van der Waals surface area contributed by atoms with Crippen molar-refractivity contribution in [2.45, 2.75) is 6.18 Å². The van der Waals surface area contributed by atoms with Gasteiger partial charge in [0.05, 0.1) is 5.56 Å². The molecule has 1 N–H and O–H groups in total. The second kappa shape index (κ2) is 5.62. The molecule has 23 heavy (non-hydrogen) atoms. The molecule has 0 radical (unpaired) electrons. The van der Waals surface area contributed by atoms with Gasteiger partial charge in [-0.2, -0.15) is 13.2 Å². The van der Waals surface area contributed by atoms with Crippen LogP contribution in [0.4, 0.5) is 13.2 Å². The Kier molecular flexibility index (Phi) is 3.77. The average Bonchev–Trinajstić information content (AvgIpc) is 2.98. The number of aromatic hydroxyl groups is 1. The van der Waals surface area contributed by atoms with E-state index in [2.05, 4.69) is 4.98 Å². The van der Waals surface area contributed by atoms with Crippen LogP contribution in [0.5, 0.6) is 5.75 Å². The molecule has 0 spiro atoms. The Bertz CT molecular complexity index is 859. The van der Waals surface area contributed by atoms with Crippen LogP contribution in [0.25, 0.3) is 22.8 Å². The van der Waals surface area contributed by atoms with Gasteiger partial charge < -0.3 is 9.52 Å². The summed E-state index contributed by atoms with van der Waals surface area (Å²) in [6.07, 6.45) is -4.50. The molecular weight excluding hydrogens is 331 g/mol. The minimum Gasteiger partial charge on any atom is -0.506 e. The molecule has 2 aromatic heterocycles. The summed E-state index contributed by atoms with van der Waals surface area (Å²) in [4.78, 5) is 3.92. The average molecular weight is 340 g/mol. The third-order valence-corrected chi connectivity index (χ3v) is 3.39. The summed E-state index contributed by atoms with van der Waals surface area (Å²) in [6.45, 7) is 0. The fraction of sp³-hybridized carbons (Fsp3) is 0.0625. The number of alkyl halides is 3. The lowest BCUT2D eigenvalue weighted by atomic mass is 10.1. The van der Waals surface area contributed by atoms with Crippen LogP contribution in [-0.2, 0) is 6.18 Å². The first-order chi connectivity index (χ1) is 10.9. The van der Waals surface area contributed by atoms with Gasteiger partial charge in [0.25, 0.3) is 0 Å². The van der Waals surface area contributed by atoms with E-state index >= 15 is 0 Å². The zero-order valence-electron chi connectivity index (χ0n) is 11.4. The van der Waals surface area contributed by atoms with E-state index in [9.17, 15) is 18.3 Å². The Labute approximate surface area is 134 Å². The molecule has 118 valence electrons. The molecule has 1 aromatic carbocycles. The molecule has 0 bridgehead atoms. The van der Waals surface area contributed by atoms with Crippen molar-refractivity contribution in [1.82, 2.24) is 4.98 Å². The van der Waals surface area contributed by atoms with Gasteiger partial charge >= 0.3 is 6.18 Å². The van der Waals surface area contributed by atoms with Gasteiger partial charge in [-0.25, -0.2) is 4.98 Å². The number of nitrogens with zero attached hydrogens (tertiary/aromatic N) is 1. The third kappa shape index (κ3) is 3.03. The van der Waals surface area contributed by atoms with E-state index in [1.165, 1.54) is 42.5 Å². The molecule has 3 rings (SSSR count). The molecule has 0 unspecified atom stereocenters. The Hall–Kier alpha value is -2.47. The van der Waals surface area contributed by atoms with Gasteiger partial charge in [0.1, 0.15) is 22.4 Å². The van der Waals surface area contributed by atoms with Crippen molar-refractivity contribution in [3.05, 3.63) is 59.2 Å². The van der Waals surface area contributed by atoms with Crippen LogP contribution in [0.3, 0.4) is 0 Å². The molecule has 0 amide bonds. The molecular formula is C16H9ClF3NO2. The number of aromatic nitrogens is 1. The van der Waals surface area contributed by atoms with E-state index in [1.807, 2.05) is 0 Å². The summed E-state index contributed by atoms with van der Waals surface area (Å²) in [6, 6.07) is 10.6. The lowest BCUT2D eigenvalue weighted by Crippen LogP contribution is -2.06. The quantitative estimate of drug-likeness (QED) is 0.637. The van der Waals surface area contributed by atoms with Gasteiger partial charge in [0.15, 0.2) is 5.76 Å². The molecule has 0 fully saturated rings. The maximum absolute atomic E-state index is 13.1.